The van der Waals surface area contributed by atoms with Gasteiger partial charge in [-0.2, -0.15) is 5.10 Å². The van der Waals surface area contributed by atoms with E-state index in [9.17, 15) is 4.79 Å². The third kappa shape index (κ3) is 2.95. The van der Waals surface area contributed by atoms with Gasteiger partial charge in [0.1, 0.15) is 6.10 Å². The number of nitrogens with one attached hydrogen (secondary N) is 1. The van der Waals surface area contributed by atoms with Crippen molar-refractivity contribution in [3.05, 3.63) is 54.4 Å². The van der Waals surface area contributed by atoms with Crippen LogP contribution in [0.3, 0.4) is 0 Å². The molecule has 6 heteroatoms. The predicted octanol–water partition coefficient (Wildman–Crippen LogP) is 2.64. The lowest BCUT2D eigenvalue weighted by Gasteiger charge is -2.32. The fourth-order valence-corrected chi connectivity index (χ4v) is 3.10. The second kappa shape index (κ2) is 6.31. The highest BCUT2D eigenvalue weighted by Gasteiger charge is 2.26. The molecule has 3 aromatic rings. The molecule has 1 aliphatic rings. The summed E-state index contributed by atoms with van der Waals surface area (Å²) in [5.74, 6) is 0.545. The number of carbonyl (C=O) groups excluding carboxylic acids is 1. The molecule has 0 saturated carbocycles. The molecule has 3 heterocycles. The van der Waals surface area contributed by atoms with Crippen molar-refractivity contribution >= 4 is 16.8 Å². The molecule has 1 N–H and O–H groups in total. The second-order valence-corrected chi connectivity index (χ2v) is 5.97. The Balaban J connectivity index is 1.47. The maximum atomic E-state index is 12.8. The van der Waals surface area contributed by atoms with E-state index in [1.165, 1.54) is 0 Å². The number of rotatable bonds is 3. The summed E-state index contributed by atoms with van der Waals surface area (Å²) in [7, 11) is 0. The van der Waals surface area contributed by atoms with E-state index in [2.05, 4.69) is 15.2 Å². The number of aromatic nitrogens is 3. The van der Waals surface area contributed by atoms with Gasteiger partial charge in [-0.15, -0.1) is 5.10 Å². The lowest BCUT2D eigenvalue weighted by molar-refractivity contribution is 0.0525. The Bertz CT molecular complexity index is 846. The molecule has 0 radical (unpaired) electrons. The third-order valence-corrected chi connectivity index (χ3v) is 4.30. The summed E-state index contributed by atoms with van der Waals surface area (Å²) in [5.41, 5.74) is 1.68. The minimum atomic E-state index is -0.0476. The summed E-state index contributed by atoms with van der Waals surface area (Å²) in [6.45, 7) is 1.32. The van der Waals surface area contributed by atoms with Crippen molar-refractivity contribution in [3.63, 3.8) is 0 Å². The number of hydrogen-bond donors (Lipinski definition) is 1. The first-order valence-corrected chi connectivity index (χ1v) is 8.10. The Morgan fingerprint density at radius 2 is 2.25 bits per heavy atom. The molecule has 6 nitrogen and oxygen atoms in total. The quantitative estimate of drug-likeness (QED) is 0.805. The number of carbonyl (C=O) groups is 1. The molecule has 1 fully saturated rings. The van der Waals surface area contributed by atoms with Gasteiger partial charge in [0, 0.05) is 36.1 Å². The standard InChI is InChI=1S/C18H18N4O2/c23-18(14-6-5-13-7-9-19-16(13)11-14)22-10-2-3-15(12-22)24-17-4-1-8-20-21-17/h1,4-9,11,15,19H,2-3,10,12H2. The van der Waals surface area contributed by atoms with Gasteiger partial charge < -0.3 is 14.6 Å². The van der Waals surface area contributed by atoms with Crippen molar-refractivity contribution in [3.8, 4) is 5.88 Å². The van der Waals surface area contributed by atoms with Crippen molar-refractivity contribution in [1.29, 1.82) is 0 Å². The van der Waals surface area contributed by atoms with Crippen LogP contribution in [-0.4, -0.2) is 45.2 Å². The number of benzene rings is 1. The molecule has 1 aliphatic heterocycles. The van der Waals surface area contributed by atoms with E-state index >= 15 is 0 Å². The summed E-state index contributed by atoms with van der Waals surface area (Å²) in [4.78, 5) is 17.8. The topological polar surface area (TPSA) is 71.1 Å². The largest absolute Gasteiger partial charge is 0.471 e. The lowest BCUT2D eigenvalue weighted by atomic mass is 10.1. The fraction of sp³-hybridized carbons (Fsp3) is 0.278. The van der Waals surface area contributed by atoms with E-state index in [-0.39, 0.29) is 12.0 Å². The van der Waals surface area contributed by atoms with Crippen molar-refractivity contribution in [2.45, 2.75) is 18.9 Å². The second-order valence-electron chi connectivity index (χ2n) is 5.97. The van der Waals surface area contributed by atoms with E-state index < -0.39 is 0 Å². The monoisotopic (exact) mass is 322 g/mol. The molecule has 1 unspecified atom stereocenters. The van der Waals surface area contributed by atoms with Gasteiger partial charge in [-0.25, -0.2) is 0 Å². The molecule has 1 saturated heterocycles. The zero-order valence-electron chi connectivity index (χ0n) is 13.2. The minimum absolute atomic E-state index is 0.0407. The van der Waals surface area contributed by atoms with Crippen LogP contribution in [0.4, 0.5) is 0 Å². The minimum Gasteiger partial charge on any atom is -0.471 e. The number of aromatic amines is 1. The van der Waals surface area contributed by atoms with E-state index in [1.807, 2.05) is 35.4 Å². The first kappa shape index (κ1) is 14.7. The zero-order valence-corrected chi connectivity index (χ0v) is 13.2. The molecule has 1 amide bonds. The van der Waals surface area contributed by atoms with Crippen LogP contribution in [0.1, 0.15) is 23.2 Å². The molecule has 2 aromatic heterocycles. The number of hydrogen-bond acceptors (Lipinski definition) is 4. The molecule has 24 heavy (non-hydrogen) atoms. The zero-order chi connectivity index (χ0) is 16.4. The lowest BCUT2D eigenvalue weighted by Crippen LogP contribution is -2.44. The van der Waals surface area contributed by atoms with E-state index in [0.717, 1.165) is 30.3 Å². The van der Waals surface area contributed by atoms with Gasteiger partial charge in [-0.05, 0) is 42.5 Å². The highest BCUT2D eigenvalue weighted by molar-refractivity contribution is 5.98. The third-order valence-electron chi connectivity index (χ3n) is 4.30. The molecule has 0 spiro atoms. The van der Waals surface area contributed by atoms with Gasteiger partial charge in [0.05, 0.1) is 6.54 Å². The molecule has 4 rings (SSSR count). The van der Waals surface area contributed by atoms with Crippen molar-refractivity contribution in [1.82, 2.24) is 20.1 Å². The summed E-state index contributed by atoms with van der Waals surface area (Å²) in [6, 6.07) is 11.3. The molecule has 0 aliphatic carbocycles. The smallest absolute Gasteiger partial charge is 0.254 e. The van der Waals surface area contributed by atoms with Gasteiger partial charge in [0.15, 0.2) is 0 Å². The summed E-state index contributed by atoms with van der Waals surface area (Å²) in [6.07, 6.45) is 5.27. The Kier molecular flexibility index (Phi) is 3.86. The SMILES string of the molecule is O=C(c1ccc2cc[nH]c2c1)N1CCCC(Oc2cccnn2)C1. The first-order chi connectivity index (χ1) is 11.8. The molecule has 0 bridgehead atoms. The summed E-state index contributed by atoms with van der Waals surface area (Å²) in [5, 5.41) is 8.87. The Hall–Kier alpha value is -2.89. The van der Waals surface area contributed by atoms with Crippen LogP contribution in [0.2, 0.25) is 0 Å². The van der Waals surface area contributed by atoms with Crippen LogP contribution in [-0.2, 0) is 0 Å². The number of fused-ring (bicyclic) bond motifs is 1. The number of H-pyrrole nitrogens is 1. The van der Waals surface area contributed by atoms with Crippen LogP contribution >= 0.6 is 0 Å². The molecule has 122 valence electrons. The number of nitrogens with zero attached hydrogens (tertiary/aromatic N) is 3. The van der Waals surface area contributed by atoms with Gasteiger partial charge >= 0.3 is 0 Å². The predicted molar refractivity (Wildman–Crippen MR) is 89.9 cm³/mol. The summed E-state index contributed by atoms with van der Waals surface area (Å²) >= 11 is 0. The van der Waals surface area contributed by atoms with Crippen LogP contribution < -0.4 is 4.74 Å². The van der Waals surface area contributed by atoms with Crippen LogP contribution in [0, 0.1) is 0 Å². The Morgan fingerprint density at radius 1 is 1.29 bits per heavy atom. The first-order valence-electron chi connectivity index (χ1n) is 8.10. The van der Waals surface area contributed by atoms with Crippen LogP contribution in [0.25, 0.3) is 10.9 Å². The number of likely N-dealkylation sites (tertiary alicyclic amines) is 1. The van der Waals surface area contributed by atoms with Crippen molar-refractivity contribution in [2.75, 3.05) is 13.1 Å². The average Bonchev–Trinajstić information content (AvgIpc) is 3.10. The number of amides is 1. The normalized spacial score (nSPS) is 17.8. The maximum absolute atomic E-state index is 12.8. The summed E-state index contributed by atoms with van der Waals surface area (Å²) < 4.78 is 5.86. The molecule has 1 aromatic carbocycles. The Morgan fingerprint density at radius 3 is 3.12 bits per heavy atom. The number of ether oxygens (including phenoxy) is 1. The van der Waals surface area contributed by atoms with Crippen molar-refractivity contribution in [2.24, 2.45) is 0 Å². The maximum Gasteiger partial charge on any atom is 0.254 e. The van der Waals surface area contributed by atoms with Gasteiger partial charge in [0.2, 0.25) is 5.88 Å². The molecular weight excluding hydrogens is 304 g/mol. The molecule has 1 atom stereocenters. The highest BCUT2D eigenvalue weighted by atomic mass is 16.5. The average molecular weight is 322 g/mol. The van der Waals surface area contributed by atoms with Gasteiger partial charge in [-0.1, -0.05) is 6.07 Å². The van der Waals surface area contributed by atoms with Crippen molar-refractivity contribution < 1.29 is 9.53 Å². The number of piperidine rings is 1. The van der Waals surface area contributed by atoms with Gasteiger partial charge in [0.25, 0.3) is 5.91 Å². The van der Waals surface area contributed by atoms with E-state index in [4.69, 9.17) is 4.74 Å². The van der Waals surface area contributed by atoms with E-state index in [1.54, 1.807) is 18.3 Å². The highest BCUT2D eigenvalue weighted by Crippen LogP contribution is 2.20. The van der Waals surface area contributed by atoms with Crippen LogP contribution in [0.5, 0.6) is 5.88 Å². The Labute approximate surface area is 139 Å². The molecular formula is C18H18N4O2. The van der Waals surface area contributed by atoms with E-state index in [0.29, 0.717) is 18.0 Å². The van der Waals surface area contributed by atoms with Crippen LogP contribution in [0.15, 0.2) is 48.8 Å². The fourth-order valence-electron chi connectivity index (χ4n) is 3.10. The van der Waals surface area contributed by atoms with Gasteiger partial charge in [-0.3, -0.25) is 4.79 Å².